The van der Waals surface area contributed by atoms with Crippen molar-refractivity contribution in [1.82, 2.24) is 24.7 Å². The highest BCUT2D eigenvalue weighted by Gasteiger charge is 2.38. The lowest BCUT2D eigenvalue weighted by atomic mass is 9.77. The van der Waals surface area contributed by atoms with E-state index in [4.69, 9.17) is 5.73 Å². The van der Waals surface area contributed by atoms with Gasteiger partial charge in [-0.2, -0.15) is 5.10 Å². The molecular formula is C14H16N6. The van der Waals surface area contributed by atoms with Crippen LogP contribution >= 0.6 is 0 Å². The van der Waals surface area contributed by atoms with Crippen LogP contribution < -0.4 is 5.73 Å². The lowest BCUT2D eigenvalue weighted by Gasteiger charge is -2.41. The average Bonchev–Trinajstić information content (AvgIpc) is 3.06. The van der Waals surface area contributed by atoms with Crippen LogP contribution in [0.25, 0.3) is 22.3 Å². The standard InChI is InChI=1S/C14H16N6/c15-8-14(3-1-4-14)20-7-10(6-19-20)12-11-2-5-16-13(11)18-9-17-12/h2,5-7,9H,1,3-4,8,15H2,(H,16,17,18). The first-order valence-electron chi connectivity index (χ1n) is 6.86. The minimum atomic E-state index is 0.0164. The van der Waals surface area contributed by atoms with E-state index < -0.39 is 0 Å². The summed E-state index contributed by atoms with van der Waals surface area (Å²) in [5, 5.41) is 5.53. The summed E-state index contributed by atoms with van der Waals surface area (Å²) in [5.74, 6) is 0. The number of H-pyrrole nitrogens is 1. The number of hydrogen-bond acceptors (Lipinski definition) is 4. The second kappa shape index (κ2) is 4.14. The molecular weight excluding hydrogens is 252 g/mol. The van der Waals surface area contributed by atoms with Crippen LogP contribution in [-0.2, 0) is 5.54 Å². The Hall–Kier alpha value is -2.21. The molecule has 0 aliphatic heterocycles. The van der Waals surface area contributed by atoms with Crippen LogP contribution in [0, 0.1) is 0 Å². The Morgan fingerprint density at radius 3 is 3.00 bits per heavy atom. The molecule has 0 saturated heterocycles. The van der Waals surface area contributed by atoms with Crippen molar-refractivity contribution in [3.8, 4) is 11.3 Å². The lowest BCUT2D eigenvalue weighted by Crippen LogP contribution is -2.47. The molecule has 3 aromatic heterocycles. The predicted octanol–water partition coefficient (Wildman–Crippen LogP) is 1.66. The molecule has 0 atom stereocenters. The number of nitrogens with one attached hydrogen (secondary N) is 1. The van der Waals surface area contributed by atoms with Crippen LogP contribution in [0.3, 0.4) is 0 Å². The molecule has 0 radical (unpaired) electrons. The number of rotatable bonds is 3. The van der Waals surface area contributed by atoms with Crippen molar-refractivity contribution in [2.75, 3.05) is 6.54 Å². The van der Waals surface area contributed by atoms with E-state index in [1.54, 1.807) is 6.33 Å². The van der Waals surface area contributed by atoms with Crippen LogP contribution in [0.4, 0.5) is 0 Å². The molecule has 0 bridgehead atoms. The first kappa shape index (κ1) is 11.6. The van der Waals surface area contributed by atoms with Crippen molar-refractivity contribution >= 4 is 11.0 Å². The monoisotopic (exact) mass is 268 g/mol. The molecule has 6 heteroatoms. The summed E-state index contributed by atoms with van der Waals surface area (Å²) < 4.78 is 2.02. The second-order valence-electron chi connectivity index (χ2n) is 5.42. The maximum atomic E-state index is 5.93. The van der Waals surface area contributed by atoms with E-state index in [1.807, 2.05) is 23.1 Å². The number of nitrogens with two attached hydrogens (primary N) is 1. The van der Waals surface area contributed by atoms with Crippen LogP contribution in [0.1, 0.15) is 19.3 Å². The van der Waals surface area contributed by atoms with Crippen LogP contribution in [-0.4, -0.2) is 31.3 Å². The highest BCUT2D eigenvalue weighted by atomic mass is 15.3. The van der Waals surface area contributed by atoms with Gasteiger partial charge in [-0.15, -0.1) is 0 Å². The molecule has 1 aliphatic carbocycles. The summed E-state index contributed by atoms with van der Waals surface area (Å²) in [6, 6.07) is 1.99. The molecule has 102 valence electrons. The summed E-state index contributed by atoms with van der Waals surface area (Å²) in [6.45, 7) is 0.636. The topological polar surface area (TPSA) is 85.4 Å². The quantitative estimate of drug-likeness (QED) is 0.756. The van der Waals surface area contributed by atoms with E-state index in [9.17, 15) is 0 Å². The summed E-state index contributed by atoms with van der Waals surface area (Å²) in [4.78, 5) is 11.7. The molecule has 3 aromatic rings. The molecule has 0 amide bonds. The van der Waals surface area contributed by atoms with Crippen molar-refractivity contribution < 1.29 is 0 Å². The minimum absolute atomic E-state index is 0.0164. The average molecular weight is 268 g/mol. The summed E-state index contributed by atoms with van der Waals surface area (Å²) in [6.07, 6.45) is 10.8. The van der Waals surface area contributed by atoms with Crippen molar-refractivity contribution in [3.05, 3.63) is 31.0 Å². The molecule has 3 heterocycles. The van der Waals surface area contributed by atoms with Gasteiger partial charge in [0.15, 0.2) is 0 Å². The van der Waals surface area contributed by atoms with E-state index in [0.717, 1.165) is 35.1 Å². The number of hydrogen-bond donors (Lipinski definition) is 2. The fraction of sp³-hybridized carbons (Fsp3) is 0.357. The van der Waals surface area contributed by atoms with Gasteiger partial charge in [0.2, 0.25) is 0 Å². The molecule has 6 nitrogen and oxygen atoms in total. The van der Waals surface area contributed by atoms with Crippen molar-refractivity contribution in [2.45, 2.75) is 24.8 Å². The Morgan fingerprint density at radius 1 is 1.35 bits per heavy atom. The van der Waals surface area contributed by atoms with Crippen LogP contribution in [0.5, 0.6) is 0 Å². The van der Waals surface area contributed by atoms with Crippen molar-refractivity contribution in [1.29, 1.82) is 0 Å². The van der Waals surface area contributed by atoms with Gasteiger partial charge in [-0.3, -0.25) is 4.68 Å². The SMILES string of the molecule is NCC1(n2cc(-c3ncnc4[nH]ccc34)cn2)CCC1. The highest BCUT2D eigenvalue weighted by Crippen LogP contribution is 2.38. The van der Waals surface area contributed by atoms with Gasteiger partial charge >= 0.3 is 0 Å². The van der Waals surface area contributed by atoms with E-state index >= 15 is 0 Å². The minimum Gasteiger partial charge on any atom is -0.346 e. The third-order valence-corrected chi connectivity index (χ3v) is 4.36. The first-order valence-corrected chi connectivity index (χ1v) is 6.86. The lowest BCUT2D eigenvalue weighted by molar-refractivity contribution is 0.135. The summed E-state index contributed by atoms with van der Waals surface area (Å²) >= 11 is 0. The van der Waals surface area contributed by atoms with Gasteiger partial charge < -0.3 is 10.7 Å². The second-order valence-corrected chi connectivity index (χ2v) is 5.42. The van der Waals surface area contributed by atoms with E-state index in [0.29, 0.717) is 6.54 Å². The zero-order chi connectivity index (χ0) is 13.6. The van der Waals surface area contributed by atoms with Crippen molar-refractivity contribution in [3.63, 3.8) is 0 Å². The van der Waals surface area contributed by atoms with Gasteiger partial charge in [0, 0.05) is 29.9 Å². The van der Waals surface area contributed by atoms with Gasteiger partial charge in [0.25, 0.3) is 0 Å². The predicted molar refractivity (Wildman–Crippen MR) is 76.0 cm³/mol. The molecule has 0 aromatic carbocycles. The van der Waals surface area contributed by atoms with E-state index in [-0.39, 0.29) is 5.54 Å². The van der Waals surface area contributed by atoms with Crippen molar-refractivity contribution in [2.24, 2.45) is 5.73 Å². The maximum absolute atomic E-state index is 5.93. The summed E-state index contributed by atoms with van der Waals surface area (Å²) in [5.41, 5.74) is 8.72. The molecule has 0 spiro atoms. The van der Waals surface area contributed by atoms with Gasteiger partial charge in [0.1, 0.15) is 12.0 Å². The number of aromatic amines is 1. The molecule has 1 aliphatic rings. The fourth-order valence-electron chi connectivity index (χ4n) is 2.92. The Morgan fingerprint density at radius 2 is 2.25 bits per heavy atom. The van der Waals surface area contributed by atoms with E-state index in [2.05, 4.69) is 26.2 Å². The molecule has 20 heavy (non-hydrogen) atoms. The summed E-state index contributed by atoms with van der Waals surface area (Å²) in [7, 11) is 0. The third kappa shape index (κ3) is 1.51. The van der Waals surface area contributed by atoms with Gasteiger partial charge in [0.05, 0.1) is 17.4 Å². The normalized spacial score (nSPS) is 17.2. The van der Waals surface area contributed by atoms with Gasteiger partial charge in [-0.05, 0) is 25.3 Å². The zero-order valence-electron chi connectivity index (χ0n) is 11.1. The van der Waals surface area contributed by atoms with E-state index in [1.165, 1.54) is 6.42 Å². The first-order chi connectivity index (χ1) is 9.82. The highest BCUT2D eigenvalue weighted by molar-refractivity contribution is 5.89. The number of aromatic nitrogens is 5. The number of nitrogens with zero attached hydrogens (tertiary/aromatic N) is 4. The van der Waals surface area contributed by atoms with Gasteiger partial charge in [-0.1, -0.05) is 0 Å². The Kier molecular flexibility index (Phi) is 2.40. The fourth-order valence-corrected chi connectivity index (χ4v) is 2.92. The van der Waals surface area contributed by atoms with Gasteiger partial charge in [-0.25, -0.2) is 9.97 Å². The molecule has 1 saturated carbocycles. The van der Waals surface area contributed by atoms with Crippen LogP contribution in [0.15, 0.2) is 31.0 Å². The zero-order valence-corrected chi connectivity index (χ0v) is 11.1. The smallest absolute Gasteiger partial charge is 0.141 e. The molecule has 1 fully saturated rings. The Labute approximate surface area is 116 Å². The molecule has 0 unspecified atom stereocenters. The molecule has 4 rings (SSSR count). The third-order valence-electron chi connectivity index (χ3n) is 4.36. The molecule has 3 N–H and O–H groups in total. The Balaban J connectivity index is 1.80. The Bertz CT molecular complexity index is 746. The maximum Gasteiger partial charge on any atom is 0.141 e. The largest absolute Gasteiger partial charge is 0.346 e. The van der Waals surface area contributed by atoms with Crippen LogP contribution in [0.2, 0.25) is 0 Å². The number of fused-ring (bicyclic) bond motifs is 1.